The van der Waals surface area contributed by atoms with Crippen molar-refractivity contribution in [3.05, 3.63) is 70.5 Å². The first-order chi connectivity index (χ1) is 20.0. The molecule has 2 aromatic carbocycles. The standard InChI is InChI=1S/C29H33ClFN5O6/c1-17-27(39)32-13-19-14-36(26(38)12-20-21(30)9-6-10-22(20)31)15-24(42-19)28(40)34-23(11-18-7-4-3-5-8-18)29(41)35(2)16-25(37)33-17/h3-10,17,19,23-24H,11-16H2,1-2H3,(H,32,39)(H,33,37)(H,34,40)/t17-,19+,23-,24-/m1/s1. The van der Waals surface area contributed by atoms with Gasteiger partial charge in [-0.1, -0.05) is 48.0 Å². The van der Waals surface area contributed by atoms with Crippen LogP contribution < -0.4 is 16.0 Å². The van der Waals surface area contributed by atoms with Gasteiger partial charge in [-0.2, -0.15) is 0 Å². The summed E-state index contributed by atoms with van der Waals surface area (Å²) in [7, 11) is 1.43. The minimum atomic E-state index is -1.20. The van der Waals surface area contributed by atoms with E-state index in [1.807, 2.05) is 18.2 Å². The summed E-state index contributed by atoms with van der Waals surface area (Å²) < 4.78 is 20.4. The summed E-state index contributed by atoms with van der Waals surface area (Å²) in [5.74, 6) is -3.36. The van der Waals surface area contributed by atoms with Crippen molar-refractivity contribution in [1.82, 2.24) is 25.8 Å². The fourth-order valence-corrected chi connectivity index (χ4v) is 5.09. The summed E-state index contributed by atoms with van der Waals surface area (Å²) in [6, 6.07) is 11.2. The van der Waals surface area contributed by atoms with E-state index < -0.39 is 59.6 Å². The van der Waals surface area contributed by atoms with Crippen LogP contribution >= 0.6 is 11.6 Å². The van der Waals surface area contributed by atoms with Crippen LogP contribution in [0.15, 0.2) is 48.5 Å². The Bertz CT molecular complexity index is 1320. The molecule has 2 aliphatic rings. The number of carbonyl (C=O) groups excluding carboxylic acids is 5. The van der Waals surface area contributed by atoms with E-state index in [1.165, 1.54) is 42.0 Å². The zero-order valence-electron chi connectivity index (χ0n) is 23.3. The molecule has 2 heterocycles. The first-order valence-corrected chi connectivity index (χ1v) is 13.9. The molecule has 4 atom stereocenters. The van der Waals surface area contributed by atoms with Crippen LogP contribution in [0.3, 0.4) is 0 Å². The molecule has 0 radical (unpaired) electrons. The number of hydrogen-bond acceptors (Lipinski definition) is 6. The Kier molecular flexibility index (Phi) is 10.1. The number of hydrogen-bond donors (Lipinski definition) is 3. The van der Waals surface area contributed by atoms with Gasteiger partial charge in [-0.25, -0.2) is 4.39 Å². The van der Waals surface area contributed by atoms with Gasteiger partial charge in [0, 0.05) is 37.1 Å². The number of halogens is 2. The van der Waals surface area contributed by atoms with Crippen molar-refractivity contribution in [1.29, 1.82) is 0 Å². The number of nitrogens with one attached hydrogen (secondary N) is 3. The first-order valence-electron chi connectivity index (χ1n) is 13.5. The lowest BCUT2D eigenvalue weighted by Crippen LogP contribution is -2.59. The molecule has 11 nitrogen and oxygen atoms in total. The third-order valence-electron chi connectivity index (χ3n) is 7.13. The number of benzene rings is 2. The molecule has 2 aliphatic heterocycles. The average molecular weight is 602 g/mol. The average Bonchev–Trinajstić information content (AvgIpc) is 2.96. The topological polar surface area (TPSA) is 137 Å². The maximum atomic E-state index is 14.4. The van der Waals surface area contributed by atoms with Crippen molar-refractivity contribution in [2.24, 2.45) is 0 Å². The SMILES string of the molecule is C[C@H]1NC(=O)CN(C)C(=O)[C@@H](Cc2ccccc2)NC(=O)[C@H]2CN(C(=O)Cc3c(F)cccc3Cl)C[C@H](CNC1=O)O2. The molecule has 0 aliphatic carbocycles. The van der Waals surface area contributed by atoms with Crippen LogP contribution in [0.2, 0.25) is 5.02 Å². The molecule has 0 unspecified atom stereocenters. The molecule has 42 heavy (non-hydrogen) atoms. The van der Waals surface area contributed by atoms with E-state index in [9.17, 15) is 28.4 Å². The van der Waals surface area contributed by atoms with Gasteiger partial charge in [0.25, 0.3) is 5.91 Å². The lowest BCUT2D eigenvalue weighted by molar-refractivity contribution is -0.157. The lowest BCUT2D eigenvalue weighted by atomic mass is 10.0. The van der Waals surface area contributed by atoms with Crippen molar-refractivity contribution in [2.75, 3.05) is 33.2 Å². The number of rotatable bonds is 4. The molecule has 224 valence electrons. The van der Waals surface area contributed by atoms with Gasteiger partial charge in [-0.15, -0.1) is 0 Å². The van der Waals surface area contributed by atoms with Crippen LogP contribution in [-0.2, 0) is 41.6 Å². The normalized spacial score (nSPS) is 24.2. The highest BCUT2D eigenvalue weighted by molar-refractivity contribution is 6.31. The molecule has 2 saturated heterocycles. The summed E-state index contributed by atoms with van der Waals surface area (Å²) in [6.07, 6.45) is -2.21. The smallest absolute Gasteiger partial charge is 0.251 e. The molecule has 13 heteroatoms. The molecule has 3 N–H and O–H groups in total. The van der Waals surface area contributed by atoms with Crippen molar-refractivity contribution < 1.29 is 33.1 Å². The molecule has 2 fully saturated rings. The lowest BCUT2D eigenvalue weighted by Gasteiger charge is -2.38. The molecular weight excluding hydrogens is 569 g/mol. The van der Waals surface area contributed by atoms with Crippen LogP contribution in [0.25, 0.3) is 0 Å². The van der Waals surface area contributed by atoms with Crippen molar-refractivity contribution in [2.45, 2.75) is 44.1 Å². The van der Waals surface area contributed by atoms with Gasteiger partial charge in [0.05, 0.1) is 25.6 Å². The fourth-order valence-electron chi connectivity index (χ4n) is 4.86. The summed E-state index contributed by atoms with van der Waals surface area (Å²) in [5, 5.41) is 8.07. The summed E-state index contributed by atoms with van der Waals surface area (Å²) in [6.45, 7) is 0.930. The second-order valence-corrected chi connectivity index (χ2v) is 10.8. The Morgan fingerprint density at radius 1 is 1.02 bits per heavy atom. The predicted octanol–water partition coefficient (Wildman–Crippen LogP) is 0.438. The number of likely N-dealkylation sites (N-methyl/N-ethyl adjacent to an activating group) is 1. The third-order valence-corrected chi connectivity index (χ3v) is 7.48. The fraction of sp³-hybridized carbons (Fsp3) is 0.414. The zero-order chi connectivity index (χ0) is 30.4. The van der Waals surface area contributed by atoms with Gasteiger partial charge in [-0.05, 0) is 24.6 Å². The van der Waals surface area contributed by atoms with E-state index in [2.05, 4.69) is 16.0 Å². The molecule has 5 amide bonds. The van der Waals surface area contributed by atoms with Crippen molar-refractivity contribution in [3.63, 3.8) is 0 Å². The number of fused-ring (bicyclic) bond motifs is 2. The quantitative estimate of drug-likeness (QED) is 0.465. The molecule has 2 aromatic rings. The van der Waals surface area contributed by atoms with Crippen molar-refractivity contribution >= 4 is 41.1 Å². The Morgan fingerprint density at radius 2 is 1.76 bits per heavy atom. The highest BCUT2D eigenvalue weighted by Gasteiger charge is 2.37. The second kappa shape index (κ2) is 13.8. The number of ether oxygens (including phenoxy) is 1. The predicted molar refractivity (Wildman–Crippen MR) is 151 cm³/mol. The molecular formula is C29H33ClFN5O6. The molecule has 0 spiro atoms. The third kappa shape index (κ3) is 7.83. The van der Waals surface area contributed by atoms with Gasteiger partial charge in [-0.3, -0.25) is 24.0 Å². The van der Waals surface area contributed by atoms with Gasteiger partial charge >= 0.3 is 0 Å². The van der Waals surface area contributed by atoms with E-state index in [1.54, 1.807) is 12.1 Å². The summed E-state index contributed by atoms with van der Waals surface area (Å²) in [4.78, 5) is 68.1. The summed E-state index contributed by atoms with van der Waals surface area (Å²) >= 11 is 6.13. The minimum absolute atomic E-state index is 0.00478. The number of nitrogens with zero attached hydrogens (tertiary/aromatic N) is 2. The van der Waals surface area contributed by atoms with E-state index >= 15 is 0 Å². The monoisotopic (exact) mass is 601 g/mol. The van der Waals surface area contributed by atoms with Crippen LogP contribution in [0.5, 0.6) is 0 Å². The van der Waals surface area contributed by atoms with Gasteiger partial charge in [0.15, 0.2) is 6.10 Å². The van der Waals surface area contributed by atoms with Gasteiger partial charge in [0.1, 0.15) is 17.9 Å². The number of morpholine rings is 1. The van der Waals surface area contributed by atoms with Crippen molar-refractivity contribution in [3.8, 4) is 0 Å². The molecule has 0 saturated carbocycles. The molecule has 0 aromatic heterocycles. The second-order valence-electron chi connectivity index (χ2n) is 10.4. The van der Waals surface area contributed by atoms with Crippen LogP contribution in [0, 0.1) is 5.82 Å². The summed E-state index contributed by atoms with van der Waals surface area (Å²) in [5.41, 5.74) is 0.803. The Balaban J connectivity index is 1.61. The highest BCUT2D eigenvalue weighted by atomic mass is 35.5. The Morgan fingerprint density at radius 3 is 2.48 bits per heavy atom. The maximum Gasteiger partial charge on any atom is 0.251 e. The Hall–Kier alpha value is -4.03. The van der Waals surface area contributed by atoms with Crippen LogP contribution in [-0.4, -0.2) is 96.9 Å². The highest BCUT2D eigenvalue weighted by Crippen LogP contribution is 2.22. The Labute approximate surface area is 247 Å². The maximum absolute atomic E-state index is 14.4. The van der Waals surface area contributed by atoms with E-state index in [-0.39, 0.29) is 49.6 Å². The van der Waals surface area contributed by atoms with Gasteiger partial charge < -0.3 is 30.5 Å². The van der Waals surface area contributed by atoms with E-state index in [0.29, 0.717) is 0 Å². The zero-order valence-corrected chi connectivity index (χ0v) is 24.0. The largest absolute Gasteiger partial charge is 0.360 e. The van der Waals surface area contributed by atoms with Gasteiger partial charge in [0.2, 0.25) is 23.6 Å². The van der Waals surface area contributed by atoms with Crippen LogP contribution in [0.1, 0.15) is 18.1 Å². The molecule has 2 bridgehead atoms. The molecule has 4 rings (SSSR count). The van der Waals surface area contributed by atoms with Crippen LogP contribution in [0.4, 0.5) is 4.39 Å². The van der Waals surface area contributed by atoms with E-state index in [0.717, 1.165) is 5.56 Å². The number of carbonyl (C=O) groups is 5. The van der Waals surface area contributed by atoms with E-state index in [4.69, 9.17) is 16.3 Å². The minimum Gasteiger partial charge on any atom is -0.360 e. The number of amides is 5. The first kappa shape index (κ1) is 30.9.